The van der Waals surface area contributed by atoms with Gasteiger partial charge in [-0.15, -0.1) is 0 Å². The van der Waals surface area contributed by atoms with Gasteiger partial charge in [0.25, 0.3) is 0 Å². The van der Waals surface area contributed by atoms with Crippen LogP contribution in [-0.4, -0.2) is 15.7 Å². The van der Waals surface area contributed by atoms with Gasteiger partial charge in [-0.2, -0.15) is 0 Å². The molecule has 0 unspecified atom stereocenters. The van der Waals surface area contributed by atoms with E-state index >= 15 is 0 Å². The van der Waals surface area contributed by atoms with E-state index in [9.17, 15) is 4.79 Å². The van der Waals surface area contributed by atoms with Crippen LogP contribution >= 0.6 is 0 Å². The van der Waals surface area contributed by atoms with Crippen molar-refractivity contribution in [3.63, 3.8) is 0 Å². The van der Waals surface area contributed by atoms with E-state index in [0.29, 0.717) is 5.56 Å². The lowest BCUT2D eigenvalue weighted by Crippen LogP contribution is -1.91. The molecule has 0 saturated heterocycles. The average molecular weight is 276 g/mol. The summed E-state index contributed by atoms with van der Waals surface area (Å²) in [5, 5.41) is 0. The molecule has 104 valence electrons. The molecule has 1 aromatic carbocycles. The molecule has 1 aliphatic rings. The maximum Gasteiger partial charge on any atom is 0.151 e. The molecule has 0 bridgehead atoms. The zero-order chi connectivity index (χ0) is 14.4. The molecular weight excluding hydrogens is 260 g/mol. The Bertz CT molecular complexity index is 861. The molecule has 0 radical (unpaired) electrons. The molecule has 2 heterocycles. The molecule has 2 aromatic heterocycles. The first-order valence-electron chi connectivity index (χ1n) is 7.31. The smallest absolute Gasteiger partial charge is 0.151 e. The molecule has 0 spiro atoms. The van der Waals surface area contributed by atoms with Gasteiger partial charge >= 0.3 is 0 Å². The van der Waals surface area contributed by atoms with Crippen LogP contribution in [0.25, 0.3) is 16.9 Å². The maximum absolute atomic E-state index is 11.0. The van der Waals surface area contributed by atoms with Crippen molar-refractivity contribution in [2.45, 2.75) is 26.2 Å². The summed E-state index contributed by atoms with van der Waals surface area (Å²) in [7, 11) is 0. The Morgan fingerprint density at radius 3 is 2.86 bits per heavy atom. The van der Waals surface area contributed by atoms with Gasteiger partial charge in [0.05, 0.1) is 5.69 Å². The summed E-state index contributed by atoms with van der Waals surface area (Å²) < 4.78 is 1.93. The number of carbonyl (C=O) groups excluding carboxylic acids is 1. The van der Waals surface area contributed by atoms with E-state index in [-0.39, 0.29) is 0 Å². The van der Waals surface area contributed by atoms with E-state index in [0.717, 1.165) is 28.8 Å². The fourth-order valence-corrected chi connectivity index (χ4v) is 3.14. The van der Waals surface area contributed by atoms with Crippen LogP contribution < -0.4 is 0 Å². The number of carbonyl (C=O) groups is 1. The van der Waals surface area contributed by atoms with Crippen LogP contribution in [0.5, 0.6) is 0 Å². The predicted octanol–water partition coefficient (Wildman–Crippen LogP) is 3.61. The second-order valence-corrected chi connectivity index (χ2v) is 5.76. The zero-order valence-electron chi connectivity index (χ0n) is 12.0. The number of benzene rings is 1. The minimum Gasteiger partial charge on any atom is -0.306 e. The van der Waals surface area contributed by atoms with Crippen molar-refractivity contribution in [3.05, 3.63) is 58.9 Å². The van der Waals surface area contributed by atoms with Crippen molar-refractivity contribution in [1.29, 1.82) is 0 Å². The molecule has 0 fully saturated rings. The number of imidazole rings is 1. The predicted molar refractivity (Wildman–Crippen MR) is 82.8 cm³/mol. The number of rotatable bonds is 2. The van der Waals surface area contributed by atoms with Crippen molar-refractivity contribution in [3.8, 4) is 11.3 Å². The van der Waals surface area contributed by atoms with Crippen LogP contribution in [0.3, 0.4) is 0 Å². The summed E-state index contributed by atoms with van der Waals surface area (Å²) in [4.78, 5) is 15.7. The molecule has 4 rings (SSSR count). The van der Waals surface area contributed by atoms with Crippen LogP contribution in [0, 0.1) is 6.92 Å². The highest BCUT2D eigenvalue weighted by molar-refractivity contribution is 5.78. The van der Waals surface area contributed by atoms with E-state index in [2.05, 4.69) is 18.2 Å². The van der Waals surface area contributed by atoms with Crippen LogP contribution in [0.15, 0.2) is 36.7 Å². The van der Waals surface area contributed by atoms with Gasteiger partial charge in [0.15, 0.2) is 6.29 Å². The number of fused-ring (bicyclic) bond motifs is 2. The maximum atomic E-state index is 11.0. The van der Waals surface area contributed by atoms with Gasteiger partial charge in [-0.3, -0.25) is 4.79 Å². The average Bonchev–Trinajstić information content (AvgIpc) is 3.11. The molecule has 1 aliphatic carbocycles. The first-order valence-corrected chi connectivity index (χ1v) is 7.31. The summed E-state index contributed by atoms with van der Waals surface area (Å²) in [6.45, 7) is 1.94. The monoisotopic (exact) mass is 276 g/mol. The van der Waals surface area contributed by atoms with Crippen molar-refractivity contribution in [2.24, 2.45) is 0 Å². The zero-order valence-corrected chi connectivity index (χ0v) is 12.0. The Morgan fingerprint density at radius 2 is 2.00 bits per heavy atom. The largest absolute Gasteiger partial charge is 0.306 e. The van der Waals surface area contributed by atoms with Gasteiger partial charge in [0, 0.05) is 23.5 Å². The van der Waals surface area contributed by atoms with E-state index < -0.39 is 0 Å². The second-order valence-electron chi connectivity index (χ2n) is 5.76. The van der Waals surface area contributed by atoms with Gasteiger partial charge in [-0.05, 0) is 55.0 Å². The number of aryl methyl sites for hydroxylation is 3. The van der Waals surface area contributed by atoms with E-state index in [1.54, 1.807) is 0 Å². The Labute approximate surface area is 123 Å². The third kappa shape index (κ3) is 1.97. The summed E-state index contributed by atoms with van der Waals surface area (Å²) in [5.41, 5.74) is 7.60. The standard InChI is InChI=1S/C18H16N2O/c1-12-7-18-19-17(10-20(18)9-16(12)11-21)15-6-5-13-3-2-4-14(13)8-15/h5-11H,2-4H2,1H3. The molecule has 0 atom stereocenters. The van der Waals surface area contributed by atoms with Crippen molar-refractivity contribution in [1.82, 2.24) is 9.38 Å². The lowest BCUT2D eigenvalue weighted by Gasteiger charge is -2.01. The highest BCUT2D eigenvalue weighted by Crippen LogP contribution is 2.28. The number of aldehydes is 1. The van der Waals surface area contributed by atoms with Crippen LogP contribution in [0.1, 0.15) is 33.5 Å². The van der Waals surface area contributed by atoms with E-state index in [1.807, 2.05) is 29.8 Å². The van der Waals surface area contributed by atoms with E-state index in [4.69, 9.17) is 4.98 Å². The summed E-state index contributed by atoms with van der Waals surface area (Å²) in [6.07, 6.45) is 8.36. The van der Waals surface area contributed by atoms with Gasteiger partial charge in [0.2, 0.25) is 0 Å². The van der Waals surface area contributed by atoms with Gasteiger partial charge in [-0.25, -0.2) is 4.98 Å². The topological polar surface area (TPSA) is 34.4 Å². The number of aromatic nitrogens is 2. The second kappa shape index (κ2) is 4.55. The Morgan fingerprint density at radius 1 is 1.14 bits per heavy atom. The molecule has 0 aliphatic heterocycles. The number of hydrogen-bond donors (Lipinski definition) is 0. The molecule has 3 heteroatoms. The van der Waals surface area contributed by atoms with Crippen molar-refractivity contribution >= 4 is 11.9 Å². The summed E-state index contributed by atoms with van der Waals surface area (Å²) >= 11 is 0. The molecule has 0 N–H and O–H groups in total. The lowest BCUT2D eigenvalue weighted by molar-refractivity contribution is 0.112. The lowest BCUT2D eigenvalue weighted by atomic mass is 10.1. The summed E-state index contributed by atoms with van der Waals surface area (Å²) in [5.74, 6) is 0. The molecule has 0 saturated carbocycles. The SMILES string of the molecule is Cc1cc2nc(-c3ccc4c(c3)CCC4)cn2cc1C=O. The van der Waals surface area contributed by atoms with Gasteiger partial charge in [-0.1, -0.05) is 12.1 Å². The van der Waals surface area contributed by atoms with Crippen LogP contribution in [0.2, 0.25) is 0 Å². The molecule has 3 aromatic rings. The molecule has 0 amide bonds. The first-order chi connectivity index (χ1) is 10.2. The normalized spacial score (nSPS) is 13.6. The summed E-state index contributed by atoms with van der Waals surface area (Å²) in [6, 6.07) is 8.60. The van der Waals surface area contributed by atoms with Crippen molar-refractivity contribution < 1.29 is 4.79 Å². The molecule has 21 heavy (non-hydrogen) atoms. The fourth-order valence-electron chi connectivity index (χ4n) is 3.14. The third-order valence-corrected chi connectivity index (χ3v) is 4.36. The number of nitrogens with zero attached hydrogens (tertiary/aromatic N) is 2. The van der Waals surface area contributed by atoms with Crippen LogP contribution in [-0.2, 0) is 12.8 Å². The van der Waals surface area contributed by atoms with Gasteiger partial charge in [0.1, 0.15) is 5.65 Å². The number of hydrogen-bond acceptors (Lipinski definition) is 2. The molecular formula is C18H16N2O. The Kier molecular flexibility index (Phi) is 2.67. The highest BCUT2D eigenvalue weighted by atomic mass is 16.1. The number of pyridine rings is 1. The van der Waals surface area contributed by atoms with Crippen LogP contribution in [0.4, 0.5) is 0 Å². The third-order valence-electron chi connectivity index (χ3n) is 4.36. The Balaban J connectivity index is 1.85. The minimum absolute atomic E-state index is 0.709. The Hall–Kier alpha value is -2.42. The molecule has 3 nitrogen and oxygen atoms in total. The highest BCUT2D eigenvalue weighted by Gasteiger charge is 2.13. The quantitative estimate of drug-likeness (QED) is 0.670. The first kappa shape index (κ1) is 12.3. The minimum atomic E-state index is 0.709. The fraction of sp³-hybridized carbons (Fsp3) is 0.222. The van der Waals surface area contributed by atoms with E-state index in [1.165, 1.54) is 30.4 Å². The van der Waals surface area contributed by atoms with Gasteiger partial charge < -0.3 is 4.40 Å². The van der Waals surface area contributed by atoms with Crippen molar-refractivity contribution in [2.75, 3.05) is 0 Å².